The zero-order valence-corrected chi connectivity index (χ0v) is 12.7. The molecular formula is C17H28N2. The Hall–Kier alpha value is -0.860. The third-order valence-corrected chi connectivity index (χ3v) is 4.02. The van der Waals surface area contributed by atoms with Gasteiger partial charge >= 0.3 is 0 Å². The molecule has 19 heavy (non-hydrogen) atoms. The highest BCUT2D eigenvalue weighted by Crippen LogP contribution is 2.19. The summed E-state index contributed by atoms with van der Waals surface area (Å²) in [6.45, 7) is 10.1. The maximum atomic E-state index is 3.60. The van der Waals surface area contributed by atoms with Gasteiger partial charge in [-0.25, -0.2) is 0 Å². The van der Waals surface area contributed by atoms with Crippen LogP contribution in [-0.4, -0.2) is 30.1 Å². The van der Waals surface area contributed by atoms with Crippen LogP contribution in [0.15, 0.2) is 24.3 Å². The summed E-state index contributed by atoms with van der Waals surface area (Å²) in [4.78, 5) is 2.66. The van der Waals surface area contributed by atoms with Crippen molar-refractivity contribution in [1.29, 1.82) is 0 Å². The van der Waals surface area contributed by atoms with Crippen LogP contribution in [-0.2, 0) is 6.54 Å². The van der Waals surface area contributed by atoms with E-state index in [9.17, 15) is 0 Å². The van der Waals surface area contributed by atoms with E-state index in [4.69, 9.17) is 0 Å². The summed E-state index contributed by atoms with van der Waals surface area (Å²) >= 11 is 0. The fourth-order valence-electron chi connectivity index (χ4n) is 2.80. The first kappa shape index (κ1) is 14.5. The molecule has 106 valence electrons. The third-order valence-electron chi connectivity index (χ3n) is 4.02. The van der Waals surface area contributed by atoms with Crippen molar-refractivity contribution >= 4 is 0 Å². The van der Waals surface area contributed by atoms with Gasteiger partial charge in [0, 0.05) is 25.2 Å². The number of nitrogens with zero attached hydrogens (tertiary/aromatic N) is 1. The van der Waals surface area contributed by atoms with E-state index in [1.807, 2.05) is 0 Å². The number of hydrogen-bond acceptors (Lipinski definition) is 2. The summed E-state index contributed by atoms with van der Waals surface area (Å²) in [6.07, 6.45) is 4.07. The van der Waals surface area contributed by atoms with E-state index in [-0.39, 0.29) is 0 Å². The number of aryl methyl sites for hydroxylation is 1. The van der Waals surface area contributed by atoms with Crippen molar-refractivity contribution in [2.45, 2.75) is 58.7 Å². The molecule has 0 aliphatic carbocycles. The second kappa shape index (κ2) is 7.06. The molecule has 0 aromatic heterocycles. The first-order valence-corrected chi connectivity index (χ1v) is 7.68. The number of likely N-dealkylation sites (tertiary alicyclic amines) is 1. The van der Waals surface area contributed by atoms with Crippen molar-refractivity contribution in [3.63, 3.8) is 0 Å². The van der Waals surface area contributed by atoms with Gasteiger partial charge in [0.05, 0.1) is 0 Å². The lowest BCUT2D eigenvalue weighted by Gasteiger charge is -2.36. The third kappa shape index (κ3) is 4.63. The van der Waals surface area contributed by atoms with E-state index >= 15 is 0 Å². The fraction of sp³-hybridized carbons (Fsp3) is 0.647. The van der Waals surface area contributed by atoms with Gasteiger partial charge < -0.3 is 5.32 Å². The van der Waals surface area contributed by atoms with Crippen LogP contribution in [0.25, 0.3) is 0 Å². The summed E-state index contributed by atoms with van der Waals surface area (Å²) in [7, 11) is 0. The first-order chi connectivity index (χ1) is 9.15. The summed E-state index contributed by atoms with van der Waals surface area (Å²) < 4.78 is 0. The number of rotatable bonds is 5. The van der Waals surface area contributed by atoms with Gasteiger partial charge in [-0.2, -0.15) is 0 Å². The van der Waals surface area contributed by atoms with Gasteiger partial charge in [-0.3, -0.25) is 4.90 Å². The van der Waals surface area contributed by atoms with Gasteiger partial charge in [0.15, 0.2) is 0 Å². The standard InChI is InChI=1S/C17H28N2/c1-14(2)18-12-17-6-4-5-11-19(17)13-16-9-7-15(3)8-10-16/h7-10,14,17-18H,4-6,11-13H2,1-3H3. The normalized spacial score (nSPS) is 20.9. The molecule has 1 aromatic carbocycles. The van der Waals surface area contributed by atoms with E-state index in [1.54, 1.807) is 0 Å². The fourth-order valence-corrected chi connectivity index (χ4v) is 2.80. The van der Waals surface area contributed by atoms with Crippen molar-refractivity contribution in [3.05, 3.63) is 35.4 Å². The monoisotopic (exact) mass is 260 g/mol. The summed E-state index contributed by atoms with van der Waals surface area (Å²) in [5.41, 5.74) is 2.79. The van der Waals surface area contributed by atoms with Crippen molar-refractivity contribution in [1.82, 2.24) is 10.2 Å². The van der Waals surface area contributed by atoms with Gasteiger partial charge in [0.1, 0.15) is 0 Å². The van der Waals surface area contributed by atoms with E-state index < -0.39 is 0 Å². The van der Waals surface area contributed by atoms with E-state index in [1.165, 1.54) is 36.9 Å². The predicted octanol–water partition coefficient (Wildman–Crippen LogP) is 3.35. The quantitative estimate of drug-likeness (QED) is 0.873. The van der Waals surface area contributed by atoms with Crippen LogP contribution < -0.4 is 5.32 Å². The molecule has 2 nitrogen and oxygen atoms in total. The van der Waals surface area contributed by atoms with Crippen LogP contribution in [0.5, 0.6) is 0 Å². The number of nitrogens with one attached hydrogen (secondary N) is 1. The zero-order chi connectivity index (χ0) is 13.7. The molecule has 1 aromatic rings. The van der Waals surface area contributed by atoms with Crippen molar-refractivity contribution < 1.29 is 0 Å². The van der Waals surface area contributed by atoms with Crippen molar-refractivity contribution in [2.75, 3.05) is 13.1 Å². The van der Waals surface area contributed by atoms with E-state index in [0.29, 0.717) is 12.1 Å². The predicted molar refractivity (Wildman–Crippen MR) is 82.4 cm³/mol. The van der Waals surface area contributed by atoms with Gasteiger partial charge in [-0.05, 0) is 31.9 Å². The highest BCUT2D eigenvalue weighted by Gasteiger charge is 2.22. The molecule has 1 saturated heterocycles. The number of hydrogen-bond donors (Lipinski definition) is 1. The zero-order valence-electron chi connectivity index (χ0n) is 12.7. The number of benzene rings is 1. The van der Waals surface area contributed by atoms with Gasteiger partial charge in [0.25, 0.3) is 0 Å². The Morgan fingerprint density at radius 1 is 1.21 bits per heavy atom. The molecule has 1 aliphatic rings. The van der Waals surface area contributed by atoms with Crippen LogP contribution >= 0.6 is 0 Å². The van der Waals surface area contributed by atoms with Crippen LogP contribution in [0.1, 0.15) is 44.2 Å². The van der Waals surface area contributed by atoms with E-state index in [2.05, 4.69) is 55.3 Å². The van der Waals surface area contributed by atoms with Crippen molar-refractivity contribution in [2.24, 2.45) is 0 Å². The minimum Gasteiger partial charge on any atom is -0.313 e. The molecule has 0 bridgehead atoms. The van der Waals surface area contributed by atoms with Gasteiger partial charge in [-0.15, -0.1) is 0 Å². The molecule has 1 aliphatic heterocycles. The average Bonchev–Trinajstić information content (AvgIpc) is 2.40. The Balaban J connectivity index is 1.93. The summed E-state index contributed by atoms with van der Waals surface area (Å²) in [5, 5.41) is 3.60. The average molecular weight is 260 g/mol. The molecule has 1 atom stereocenters. The molecule has 1 heterocycles. The molecule has 0 saturated carbocycles. The molecule has 0 radical (unpaired) electrons. The molecule has 1 unspecified atom stereocenters. The summed E-state index contributed by atoms with van der Waals surface area (Å²) in [6, 6.07) is 10.3. The van der Waals surface area contributed by atoms with Crippen LogP contribution in [0.3, 0.4) is 0 Å². The molecule has 0 amide bonds. The Kier molecular flexibility index (Phi) is 5.41. The Labute approximate surface area is 118 Å². The molecule has 0 spiro atoms. The van der Waals surface area contributed by atoms with Crippen LogP contribution in [0.2, 0.25) is 0 Å². The minimum absolute atomic E-state index is 0.586. The summed E-state index contributed by atoms with van der Waals surface area (Å²) in [5.74, 6) is 0. The minimum atomic E-state index is 0.586. The van der Waals surface area contributed by atoms with Gasteiger partial charge in [-0.1, -0.05) is 50.1 Å². The molecule has 1 fully saturated rings. The largest absolute Gasteiger partial charge is 0.313 e. The Morgan fingerprint density at radius 2 is 1.95 bits per heavy atom. The highest BCUT2D eigenvalue weighted by molar-refractivity contribution is 5.21. The highest BCUT2D eigenvalue weighted by atomic mass is 15.2. The lowest BCUT2D eigenvalue weighted by molar-refractivity contribution is 0.136. The lowest BCUT2D eigenvalue weighted by atomic mass is 10.0. The Morgan fingerprint density at radius 3 is 2.63 bits per heavy atom. The lowest BCUT2D eigenvalue weighted by Crippen LogP contribution is -2.46. The number of piperidine rings is 1. The second-order valence-electron chi connectivity index (χ2n) is 6.17. The van der Waals surface area contributed by atoms with E-state index in [0.717, 1.165) is 13.1 Å². The molecule has 2 heteroatoms. The topological polar surface area (TPSA) is 15.3 Å². The molecule has 1 N–H and O–H groups in total. The first-order valence-electron chi connectivity index (χ1n) is 7.68. The smallest absolute Gasteiger partial charge is 0.0237 e. The van der Waals surface area contributed by atoms with Crippen molar-refractivity contribution in [3.8, 4) is 0 Å². The van der Waals surface area contributed by atoms with Crippen LogP contribution in [0.4, 0.5) is 0 Å². The second-order valence-corrected chi connectivity index (χ2v) is 6.17. The Bertz CT molecular complexity index is 369. The maximum Gasteiger partial charge on any atom is 0.0237 e. The van der Waals surface area contributed by atoms with Crippen LogP contribution in [0, 0.1) is 6.92 Å². The molecule has 2 rings (SSSR count). The van der Waals surface area contributed by atoms with Gasteiger partial charge in [0.2, 0.25) is 0 Å². The maximum absolute atomic E-state index is 3.60. The molecular weight excluding hydrogens is 232 g/mol. The SMILES string of the molecule is Cc1ccc(CN2CCCCC2CNC(C)C)cc1.